The van der Waals surface area contributed by atoms with Gasteiger partial charge in [-0.1, -0.05) is 24.3 Å². The van der Waals surface area contributed by atoms with E-state index in [1.807, 2.05) is 44.2 Å². The van der Waals surface area contributed by atoms with Crippen LogP contribution in [0.15, 0.2) is 42.5 Å². The van der Waals surface area contributed by atoms with Crippen LogP contribution >= 0.6 is 0 Å². The average Bonchev–Trinajstić information content (AvgIpc) is 2.43. The summed E-state index contributed by atoms with van der Waals surface area (Å²) < 4.78 is 5.20. The van der Waals surface area contributed by atoms with Crippen LogP contribution in [0.3, 0.4) is 0 Å². The number of anilines is 1. The van der Waals surface area contributed by atoms with Crippen LogP contribution in [0.1, 0.15) is 21.5 Å². The van der Waals surface area contributed by atoms with Crippen LogP contribution in [-0.4, -0.2) is 13.0 Å². The molecule has 3 heteroatoms. The molecule has 0 saturated carbocycles. The molecule has 0 fully saturated rings. The second kappa shape index (κ2) is 5.57. The molecule has 98 valence electrons. The van der Waals surface area contributed by atoms with Gasteiger partial charge in [0.15, 0.2) is 0 Å². The summed E-state index contributed by atoms with van der Waals surface area (Å²) in [5.74, 6) is 0.413. The van der Waals surface area contributed by atoms with Crippen LogP contribution in [0, 0.1) is 13.8 Å². The summed E-state index contributed by atoms with van der Waals surface area (Å²) in [5, 5.41) is 2.92. The van der Waals surface area contributed by atoms with Crippen molar-refractivity contribution in [2.45, 2.75) is 13.8 Å². The van der Waals surface area contributed by atoms with Crippen molar-refractivity contribution in [3.05, 3.63) is 59.2 Å². The maximum Gasteiger partial charge on any atom is 0.259 e. The van der Waals surface area contributed by atoms with E-state index in [0.29, 0.717) is 11.3 Å². The van der Waals surface area contributed by atoms with Gasteiger partial charge in [0, 0.05) is 5.69 Å². The molecule has 0 aliphatic heterocycles. The molecule has 0 spiro atoms. The van der Waals surface area contributed by atoms with Gasteiger partial charge in [-0.3, -0.25) is 4.79 Å². The van der Waals surface area contributed by atoms with Crippen LogP contribution in [0.2, 0.25) is 0 Å². The van der Waals surface area contributed by atoms with Crippen molar-refractivity contribution in [3.63, 3.8) is 0 Å². The second-order valence-electron chi connectivity index (χ2n) is 4.40. The molecule has 0 saturated heterocycles. The number of benzene rings is 2. The fourth-order valence-electron chi connectivity index (χ4n) is 1.91. The summed E-state index contributed by atoms with van der Waals surface area (Å²) in [7, 11) is 1.56. The van der Waals surface area contributed by atoms with Gasteiger partial charge in [-0.25, -0.2) is 0 Å². The topological polar surface area (TPSA) is 38.3 Å². The van der Waals surface area contributed by atoms with E-state index in [1.54, 1.807) is 19.2 Å². The molecule has 2 aromatic carbocycles. The van der Waals surface area contributed by atoms with E-state index in [1.165, 1.54) is 0 Å². The molecule has 2 aromatic rings. The standard InChI is InChI=1S/C16H17NO2/c1-11-7-6-9-14(12(11)2)17-16(18)13-8-4-5-10-15(13)19-3/h4-10H,1-3H3,(H,17,18). The SMILES string of the molecule is COc1ccccc1C(=O)Nc1cccc(C)c1C. The van der Waals surface area contributed by atoms with Crippen molar-refractivity contribution in [2.75, 3.05) is 12.4 Å². The highest BCUT2D eigenvalue weighted by Crippen LogP contribution is 2.22. The third-order valence-corrected chi connectivity index (χ3v) is 3.20. The lowest BCUT2D eigenvalue weighted by Crippen LogP contribution is -2.14. The van der Waals surface area contributed by atoms with E-state index < -0.39 is 0 Å². The molecule has 0 bridgehead atoms. The van der Waals surface area contributed by atoms with Gasteiger partial charge >= 0.3 is 0 Å². The predicted molar refractivity (Wildman–Crippen MR) is 76.9 cm³/mol. The van der Waals surface area contributed by atoms with Gasteiger partial charge in [-0.2, -0.15) is 0 Å². The first-order chi connectivity index (χ1) is 9.13. The number of aryl methyl sites for hydroxylation is 1. The number of methoxy groups -OCH3 is 1. The molecule has 0 aromatic heterocycles. The van der Waals surface area contributed by atoms with Gasteiger partial charge in [0.05, 0.1) is 12.7 Å². The molecule has 0 aliphatic carbocycles. The molecule has 3 nitrogen and oxygen atoms in total. The lowest BCUT2D eigenvalue weighted by atomic mass is 10.1. The van der Waals surface area contributed by atoms with Gasteiger partial charge in [-0.15, -0.1) is 0 Å². The number of para-hydroxylation sites is 1. The Labute approximate surface area is 113 Å². The van der Waals surface area contributed by atoms with Gasteiger partial charge in [-0.05, 0) is 43.2 Å². The lowest BCUT2D eigenvalue weighted by molar-refractivity contribution is 0.102. The van der Waals surface area contributed by atoms with Crippen molar-refractivity contribution in [1.29, 1.82) is 0 Å². The number of rotatable bonds is 3. The molecule has 2 rings (SSSR count). The first-order valence-corrected chi connectivity index (χ1v) is 6.14. The molecule has 19 heavy (non-hydrogen) atoms. The Morgan fingerprint density at radius 1 is 1.05 bits per heavy atom. The van der Waals surface area contributed by atoms with Crippen molar-refractivity contribution in [1.82, 2.24) is 0 Å². The number of amides is 1. The van der Waals surface area contributed by atoms with Crippen LogP contribution in [-0.2, 0) is 0 Å². The quantitative estimate of drug-likeness (QED) is 0.910. The Bertz CT molecular complexity index is 605. The van der Waals surface area contributed by atoms with E-state index in [-0.39, 0.29) is 5.91 Å². The summed E-state index contributed by atoms with van der Waals surface area (Å²) in [6, 6.07) is 13.0. The zero-order valence-corrected chi connectivity index (χ0v) is 11.4. The summed E-state index contributed by atoms with van der Waals surface area (Å²) in [6.07, 6.45) is 0. The molecular formula is C16H17NO2. The number of carbonyl (C=O) groups is 1. The average molecular weight is 255 g/mol. The molecule has 0 radical (unpaired) electrons. The third kappa shape index (κ3) is 2.76. The van der Waals surface area contributed by atoms with E-state index in [9.17, 15) is 4.79 Å². The Balaban J connectivity index is 2.28. The number of hydrogen-bond acceptors (Lipinski definition) is 2. The molecule has 1 N–H and O–H groups in total. The molecule has 0 atom stereocenters. The van der Waals surface area contributed by atoms with Crippen molar-refractivity contribution < 1.29 is 9.53 Å². The Morgan fingerprint density at radius 3 is 2.53 bits per heavy atom. The number of hydrogen-bond donors (Lipinski definition) is 1. The zero-order chi connectivity index (χ0) is 13.8. The van der Waals surface area contributed by atoms with Crippen molar-refractivity contribution in [3.8, 4) is 5.75 Å². The van der Waals surface area contributed by atoms with Gasteiger partial charge in [0.25, 0.3) is 5.91 Å². The highest BCUT2D eigenvalue weighted by molar-refractivity contribution is 6.06. The Morgan fingerprint density at radius 2 is 1.79 bits per heavy atom. The normalized spacial score (nSPS) is 10.1. The monoisotopic (exact) mass is 255 g/mol. The van der Waals surface area contributed by atoms with E-state index in [2.05, 4.69) is 5.32 Å². The molecular weight excluding hydrogens is 238 g/mol. The summed E-state index contributed by atoms with van der Waals surface area (Å²) >= 11 is 0. The van der Waals surface area contributed by atoms with Crippen molar-refractivity contribution in [2.24, 2.45) is 0 Å². The van der Waals surface area contributed by atoms with Crippen LogP contribution in [0.25, 0.3) is 0 Å². The number of nitrogens with one attached hydrogen (secondary N) is 1. The minimum atomic E-state index is -0.161. The molecule has 0 aliphatic rings. The summed E-state index contributed by atoms with van der Waals surface area (Å²) in [5.41, 5.74) is 3.59. The fourth-order valence-corrected chi connectivity index (χ4v) is 1.91. The van der Waals surface area contributed by atoms with Gasteiger partial charge < -0.3 is 10.1 Å². The summed E-state index contributed by atoms with van der Waals surface area (Å²) in [6.45, 7) is 4.02. The van der Waals surface area contributed by atoms with E-state index in [4.69, 9.17) is 4.74 Å². The van der Waals surface area contributed by atoms with Gasteiger partial charge in [0.1, 0.15) is 5.75 Å². The molecule has 1 amide bonds. The summed E-state index contributed by atoms with van der Waals surface area (Å²) in [4.78, 5) is 12.3. The zero-order valence-electron chi connectivity index (χ0n) is 11.4. The third-order valence-electron chi connectivity index (χ3n) is 3.20. The maximum atomic E-state index is 12.3. The highest BCUT2D eigenvalue weighted by Gasteiger charge is 2.12. The van der Waals surface area contributed by atoms with Gasteiger partial charge in [0.2, 0.25) is 0 Å². The minimum absolute atomic E-state index is 0.161. The van der Waals surface area contributed by atoms with E-state index >= 15 is 0 Å². The van der Waals surface area contributed by atoms with Crippen LogP contribution < -0.4 is 10.1 Å². The number of ether oxygens (including phenoxy) is 1. The first kappa shape index (κ1) is 13.1. The van der Waals surface area contributed by atoms with Crippen LogP contribution in [0.5, 0.6) is 5.75 Å². The Hall–Kier alpha value is -2.29. The minimum Gasteiger partial charge on any atom is -0.496 e. The predicted octanol–water partition coefficient (Wildman–Crippen LogP) is 3.56. The number of carbonyl (C=O) groups excluding carboxylic acids is 1. The second-order valence-corrected chi connectivity index (χ2v) is 4.40. The fraction of sp³-hybridized carbons (Fsp3) is 0.188. The van der Waals surface area contributed by atoms with E-state index in [0.717, 1.165) is 16.8 Å². The largest absolute Gasteiger partial charge is 0.496 e. The first-order valence-electron chi connectivity index (χ1n) is 6.14. The highest BCUT2D eigenvalue weighted by atomic mass is 16.5. The maximum absolute atomic E-state index is 12.3. The smallest absolute Gasteiger partial charge is 0.259 e. The molecule has 0 heterocycles. The van der Waals surface area contributed by atoms with Crippen LogP contribution in [0.4, 0.5) is 5.69 Å². The Kier molecular flexibility index (Phi) is 3.85. The van der Waals surface area contributed by atoms with Crippen molar-refractivity contribution >= 4 is 11.6 Å². The molecule has 0 unspecified atom stereocenters. The lowest BCUT2D eigenvalue weighted by Gasteiger charge is -2.12.